The fourth-order valence-electron chi connectivity index (χ4n) is 2.62. The summed E-state index contributed by atoms with van der Waals surface area (Å²) in [4.78, 5) is 19.8. The maximum absolute atomic E-state index is 14.3. The molecular formula is C19H17F2N5O2. The molecule has 3 rings (SSSR count). The molecule has 9 heteroatoms. The molecule has 0 bridgehead atoms. The van der Waals surface area contributed by atoms with E-state index in [2.05, 4.69) is 20.4 Å². The number of nitrogens with zero attached hydrogens (tertiary/aromatic N) is 4. The number of aromatic nitrogens is 4. The Bertz CT molecular complexity index is 964. The number of aliphatic hydroxyl groups is 1. The number of hydrogen-bond acceptors (Lipinski definition) is 5. The monoisotopic (exact) mass is 385 g/mol. The second-order valence-electron chi connectivity index (χ2n) is 6.08. The molecule has 1 unspecified atom stereocenters. The number of hydrogen-bond donors (Lipinski definition) is 2. The molecule has 1 aromatic carbocycles. The molecule has 0 fully saturated rings. The summed E-state index contributed by atoms with van der Waals surface area (Å²) in [7, 11) is 0. The first-order chi connectivity index (χ1) is 13.5. The molecular weight excluding hydrogens is 368 g/mol. The van der Waals surface area contributed by atoms with Crippen LogP contribution in [0.3, 0.4) is 0 Å². The van der Waals surface area contributed by atoms with Crippen LogP contribution in [0.25, 0.3) is 6.08 Å². The molecule has 28 heavy (non-hydrogen) atoms. The molecule has 2 heterocycles. The zero-order valence-corrected chi connectivity index (χ0v) is 14.7. The Labute approximate surface area is 159 Å². The minimum atomic E-state index is -1.87. The van der Waals surface area contributed by atoms with Gasteiger partial charge in [-0.2, -0.15) is 5.10 Å². The average molecular weight is 385 g/mol. The van der Waals surface area contributed by atoms with Gasteiger partial charge in [-0.1, -0.05) is 6.07 Å². The summed E-state index contributed by atoms with van der Waals surface area (Å²) >= 11 is 0. The Hall–Kier alpha value is -3.46. The van der Waals surface area contributed by atoms with Gasteiger partial charge in [-0.25, -0.2) is 18.4 Å². The van der Waals surface area contributed by atoms with Crippen molar-refractivity contribution in [2.24, 2.45) is 0 Å². The molecule has 0 spiro atoms. The van der Waals surface area contributed by atoms with Crippen LogP contribution >= 0.6 is 0 Å². The Morgan fingerprint density at radius 1 is 1.21 bits per heavy atom. The van der Waals surface area contributed by atoms with Crippen molar-refractivity contribution in [2.75, 3.05) is 6.54 Å². The SMILES string of the molecule is O=C(/C=C/c1ccncc1)NCC(O)(Cn1cncn1)c1ccc(F)cc1F. The molecule has 2 aromatic heterocycles. The number of nitrogens with one attached hydrogen (secondary N) is 1. The lowest BCUT2D eigenvalue weighted by Gasteiger charge is -2.29. The van der Waals surface area contributed by atoms with Gasteiger partial charge in [0.2, 0.25) is 5.91 Å². The first-order valence-corrected chi connectivity index (χ1v) is 8.32. The fraction of sp³-hybridized carbons (Fsp3) is 0.158. The van der Waals surface area contributed by atoms with Crippen molar-refractivity contribution in [1.82, 2.24) is 25.1 Å². The molecule has 0 radical (unpaired) electrons. The second-order valence-corrected chi connectivity index (χ2v) is 6.08. The molecule has 144 valence electrons. The van der Waals surface area contributed by atoms with Crippen molar-refractivity contribution in [1.29, 1.82) is 0 Å². The van der Waals surface area contributed by atoms with Crippen LogP contribution in [0, 0.1) is 11.6 Å². The van der Waals surface area contributed by atoms with Gasteiger partial charge in [0.25, 0.3) is 0 Å². The largest absolute Gasteiger partial charge is 0.381 e. The predicted molar refractivity (Wildman–Crippen MR) is 96.6 cm³/mol. The van der Waals surface area contributed by atoms with Crippen molar-refractivity contribution in [3.05, 3.63) is 84.2 Å². The number of carbonyl (C=O) groups excluding carboxylic acids is 1. The van der Waals surface area contributed by atoms with Crippen LogP contribution in [0.5, 0.6) is 0 Å². The van der Waals surface area contributed by atoms with Crippen LogP contribution in [-0.4, -0.2) is 37.3 Å². The summed E-state index contributed by atoms with van der Waals surface area (Å²) in [6.45, 7) is -0.515. The maximum atomic E-state index is 14.3. The Morgan fingerprint density at radius 2 is 2.00 bits per heavy atom. The van der Waals surface area contributed by atoms with Gasteiger partial charge < -0.3 is 10.4 Å². The molecule has 0 saturated carbocycles. The quantitative estimate of drug-likeness (QED) is 0.604. The molecule has 1 amide bonds. The van der Waals surface area contributed by atoms with Gasteiger partial charge in [0.1, 0.15) is 29.9 Å². The van der Waals surface area contributed by atoms with Crippen LogP contribution in [0.15, 0.2) is 61.5 Å². The van der Waals surface area contributed by atoms with Gasteiger partial charge in [-0.15, -0.1) is 0 Å². The third kappa shape index (κ3) is 4.83. The standard InChI is InChI=1S/C19H17F2N5O2/c20-15-2-3-16(17(21)9-15)19(28,11-26-13-23-12-25-26)10-24-18(27)4-1-14-5-7-22-8-6-14/h1-9,12-13,28H,10-11H2,(H,24,27)/b4-1+. The van der Waals surface area contributed by atoms with Gasteiger partial charge >= 0.3 is 0 Å². The van der Waals surface area contributed by atoms with E-state index in [4.69, 9.17) is 0 Å². The van der Waals surface area contributed by atoms with Crippen molar-refractivity contribution in [3.8, 4) is 0 Å². The summed E-state index contributed by atoms with van der Waals surface area (Å²) in [5, 5.41) is 17.5. The third-order valence-electron chi connectivity index (χ3n) is 4.01. The van der Waals surface area contributed by atoms with Crippen LogP contribution in [0.1, 0.15) is 11.1 Å². The Kier molecular flexibility index (Phi) is 5.85. The molecule has 1 atom stereocenters. The Balaban J connectivity index is 1.77. The first kappa shape index (κ1) is 19.3. The highest BCUT2D eigenvalue weighted by molar-refractivity contribution is 5.91. The van der Waals surface area contributed by atoms with E-state index >= 15 is 0 Å². The van der Waals surface area contributed by atoms with E-state index in [0.29, 0.717) is 6.07 Å². The summed E-state index contributed by atoms with van der Waals surface area (Å²) < 4.78 is 28.8. The van der Waals surface area contributed by atoms with Crippen LogP contribution in [0.2, 0.25) is 0 Å². The van der Waals surface area contributed by atoms with Gasteiger partial charge in [-0.05, 0) is 29.8 Å². The van der Waals surface area contributed by atoms with Gasteiger partial charge in [0, 0.05) is 30.1 Å². The smallest absolute Gasteiger partial charge is 0.244 e. The van der Waals surface area contributed by atoms with E-state index in [0.717, 1.165) is 17.7 Å². The van der Waals surface area contributed by atoms with Crippen LogP contribution in [-0.2, 0) is 16.9 Å². The number of halogens is 2. The normalized spacial score (nSPS) is 13.4. The lowest BCUT2D eigenvalue weighted by atomic mass is 9.92. The van der Waals surface area contributed by atoms with Gasteiger partial charge in [-0.3, -0.25) is 9.78 Å². The molecule has 7 nitrogen and oxygen atoms in total. The molecule has 0 aliphatic heterocycles. The molecule has 0 saturated heterocycles. The van der Waals surface area contributed by atoms with Crippen LogP contribution < -0.4 is 5.32 Å². The Morgan fingerprint density at radius 3 is 2.68 bits per heavy atom. The molecule has 0 aliphatic rings. The molecule has 3 aromatic rings. The number of benzene rings is 1. The molecule has 0 aliphatic carbocycles. The third-order valence-corrected chi connectivity index (χ3v) is 4.01. The number of pyridine rings is 1. The summed E-state index contributed by atoms with van der Waals surface area (Å²) in [6.07, 6.45) is 8.64. The van der Waals surface area contributed by atoms with E-state index in [9.17, 15) is 18.7 Å². The minimum absolute atomic E-state index is 0.164. The summed E-state index contributed by atoms with van der Waals surface area (Å²) in [5.74, 6) is -2.19. The van der Waals surface area contributed by atoms with E-state index in [1.807, 2.05) is 0 Å². The van der Waals surface area contributed by atoms with Crippen LogP contribution in [0.4, 0.5) is 8.78 Å². The van der Waals surface area contributed by atoms with E-state index in [1.54, 1.807) is 30.6 Å². The highest BCUT2D eigenvalue weighted by Gasteiger charge is 2.33. The van der Waals surface area contributed by atoms with Crippen molar-refractivity contribution in [2.45, 2.75) is 12.1 Å². The average Bonchev–Trinajstić information content (AvgIpc) is 3.18. The number of amides is 1. The zero-order chi connectivity index (χ0) is 20.0. The van der Waals surface area contributed by atoms with Gasteiger partial charge in [0.05, 0.1) is 13.1 Å². The maximum Gasteiger partial charge on any atom is 0.244 e. The lowest BCUT2D eigenvalue weighted by molar-refractivity contribution is -0.118. The summed E-state index contributed by atoms with van der Waals surface area (Å²) in [6, 6.07) is 6.29. The summed E-state index contributed by atoms with van der Waals surface area (Å²) in [5.41, 5.74) is -1.26. The number of carbonyl (C=O) groups is 1. The topological polar surface area (TPSA) is 92.9 Å². The fourth-order valence-corrected chi connectivity index (χ4v) is 2.62. The highest BCUT2D eigenvalue weighted by Crippen LogP contribution is 2.26. The molecule has 2 N–H and O–H groups in total. The lowest BCUT2D eigenvalue weighted by Crippen LogP contribution is -2.44. The van der Waals surface area contributed by atoms with E-state index < -0.39 is 23.1 Å². The van der Waals surface area contributed by atoms with Crippen molar-refractivity contribution >= 4 is 12.0 Å². The second kappa shape index (κ2) is 8.49. The minimum Gasteiger partial charge on any atom is -0.381 e. The zero-order valence-electron chi connectivity index (χ0n) is 14.7. The van der Waals surface area contributed by atoms with Crippen molar-refractivity contribution < 1.29 is 18.7 Å². The van der Waals surface area contributed by atoms with Crippen molar-refractivity contribution in [3.63, 3.8) is 0 Å². The first-order valence-electron chi connectivity index (χ1n) is 8.32. The van der Waals surface area contributed by atoms with E-state index in [-0.39, 0.29) is 18.7 Å². The van der Waals surface area contributed by atoms with E-state index in [1.165, 1.54) is 23.4 Å². The number of rotatable bonds is 7. The van der Waals surface area contributed by atoms with Gasteiger partial charge in [0.15, 0.2) is 0 Å². The highest BCUT2D eigenvalue weighted by atomic mass is 19.1. The predicted octanol–water partition coefficient (Wildman–Crippen LogP) is 1.67.